The van der Waals surface area contributed by atoms with Crippen molar-refractivity contribution in [1.29, 1.82) is 0 Å². The predicted octanol–water partition coefficient (Wildman–Crippen LogP) is -3.31. The van der Waals surface area contributed by atoms with Crippen LogP contribution in [0.4, 0.5) is 0 Å². The molecule has 3 saturated heterocycles. The Morgan fingerprint density at radius 1 is 0.889 bits per heavy atom. The van der Waals surface area contributed by atoms with Gasteiger partial charge in [0.2, 0.25) is 0 Å². The summed E-state index contributed by atoms with van der Waals surface area (Å²) >= 11 is 0. The largest absolute Gasteiger partial charge is 1.00 e. The molecule has 3 heterocycles. The fourth-order valence-electron chi connectivity index (χ4n) is 2.03. The Kier molecular flexibility index (Phi) is 2.06. The van der Waals surface area contributed by atoms with Gasteiger partial charge in [-0.2, -0.15) is 0 Å². The monoisotopic (exact) mass is 131 g/mol. The van der Waals surface area contributed by atoms with Gasteiger partial charge in [0.25, 0.3) is 0 Å². The summed E-state index contributed by atoms with van der Waals surface area (Å²) in [4.78, 5) is 1.87. The van der Waals surface area contributed by atoms with E-state index in [2.05, 4.69) is 0 Å². The van der Waals surface area contributed by atoms with Crippen LogP contribution >= 0.6 is 0 Å². The highest BCUT2D eigenvalue weighted by atomic mass is 19.0. The lowest BCUT2D eigenvalue weighted by Gasteiger charge is -2.35. The zero-order chi connectivity index (χ0) is 5.40. The molecule has 2 heteroatoms. The van der Waals surface area contributed by atoms with Gasteiger partial charge in [-0.1, -0.05) is 0 Å². The molecule has 0 unspecified atom stereocenters. The van der Waals surface area contributed by atoms with Gasteiger partial charge < -0.3 is 9.60 Å². The maximum absolute atomic E-state index is 1.87. The molecule has 0 aromatic carbocycles. The summed E-state index contributed by atoms with van der Waals surface area (Å²) in [7, 11) is 0. The van der Waals surface area contributed by atoms with Gasteiger partial charge in [-0.15, -0.1) is 0 Å². The Balaban J connectivity index is 0.000000405. The van der Waals surface area contributed by atoms with Crippen molar-refractivity contribution in [1.82, 2.24) is 0 Å². The van der Waals surface area contributed by atoms with Crippen LogP contribution in [-0.4, -0.2) is 19.6 Å². The molecule has 3 aliphatic rings. The maximum atomic E-state index is 1.87. The van der Waals surface area contributed by atoms with Gasteiger partial charge >= 0.3 is 0 Å². The summed E-state index contributed by atoms with van der Waals surface area (Å²) in [6, 6.07) is 0. The molecule has 0 aliphatic carbocycles. The molecule has 0 spiro atoms. The first-order valence-electron chi connectivity index (χ1n) is 3.79. The molecule has 3 rings (SSSR count). The Hall–Kier alpha value is -0.110. The molecule has 0 aromatic rings. The third-order valence-corrected chi connectivity index (χ3v) is 2.72. The smallest absolute Gasteiger partial charge is 0.0773 e. The molecule has 0 amide bonds. The summed E-state index contributed by atoms with van der Waals surface area (Å²) < 4.78 is 0. The number of quaternary nitrogens is 1. The highest BCUT2D eigenvalue weighted by Crippen LogP contribution is 2.16. The number of hydrogen-bond acceptors (Lipinski definition) is 0. The summed E-state index contributed by atoms with van der Waals surface area (Å²) in [6.45, 7) is 4.43. The molecule has 1 N–H and O–H groups in total. The number of rotatable bonds is 0. The molecule has 1 nitrogen and oxygen atoms in total. The number of nitrogens with one attached hydrogen (secondary N) is 1. The summed E-state index contributed by atoms with van der Waals surface area (Å²) in [5.74, 6) is 1.13. The zero-order valence-corrected chi connectivity index (χ0v) is 5.70. The van der Waals surface area contributed by atoms with E-state index in [0.717, 1.165) is 5.92 Å². The van der Waals surface area contributed by atoms with E-state index in [1.807, 2.05) is 4.90 Å². The Morgan fingerprint density at radius 3 is 1.44 bits per heavy atom. The minimum Gasteiger partial charge on any atom is -1.00 e. The first kappa shape index (κ1) is 7.00. The third-order valence-electron chi connectivity index (χ3n) is 2.72. The lowest BCUT2D eigenvalue weighted by Crippen LogP contribution is -3.14. The number of halogens is 1. The minimum absolute atomic E-state index is 0. The van der Waals surface area contributed by atoms with Gasteiger partial charge in [0.05, 0.1) is 19.6 Å². The normalized spacial score (nSPS) is 40.0. The van der Waals surface area contributed by atoms with Crippen molar-refractivity contribution in [3.63, 3.8) is 0 Å². The number of hydrogen-bond donors (Lipinski definition) is 1. The highest BCUT2D eigenvalue weighted by molar-refractivity contribution is 4.66. The van der Waals surface area contributed by atoms with Gasteiger partial charge in [-0.25, -0.2) is 0 Å². The standard InChI is InChI=1S/C7H13N.FH/c1-4-8-5-2-7(1)3-6-8;/h7H,1-6H2;1H. The van der Waals surface area contributed by atoms with E-state index < -0.39 is 0 Å². The average Bonchev–Trinajstić information content (AvgIpc) is 1.92. The summed E-state index contributed by atoms with van der Waals surface area (Å²) in [5, 5.41) is 0. The third kappa shape index (κ3) is 1.23. The fourth-order valence-corrected chi connectivity index (χ4v) is 2.03. The molecule has 9 heavy (non-hydrogen) atoms. The van der Waals surface area contributed by atoms with Crippen molar-refractivity contribution in [2.75, 3.05) is 19.6 Å². The van der Waals surface area contributed by atoms with Crippen LogP contribution in [0, 0.1) is 5.92 Å². The molecule has 0 radical (unpaired) electrons. The van der Waals surface area contributed by atoms with Crippen LogP contribution in [0.2, 0.25) is 0 Å². The lowest BCUT2D eigenvalue weighted by atomic mass is 9.89. The van der Waals surface area contributed by atoms with Crippen LogP contribution < -0.4 is 9.60 Å². The van der Waals surface area contributed by atoms with Gasteiger partial charge in [0.1, 0.15) is 0 Å². The number of fused-ring (bicyclic) bond motifs is 3. The molecule has 3 fully saturated rings. The van der Waals surface area contributed by atoms with Crippen molar-refractivity contribution >= 4 is 0 Å². The molecule has 0 saturated carbocycles. The van der Waals surface area contributed by atoms with E-state index in [0.29, 0.717) is 0 Å². The quantitative estimate of drug-likeness (QED) is 0.351. The van der Waals surface area contributed by atoms with Gasteiger partial charge in [-0.3, -0.25) is 0 Å². The van der Waals surface area contributed by atoms with E-state index in [1.54, 1.807) is 0 Å². The summed E-state index contributed by atoms with van der Waals surface area (Å²) in [6.07, 6.45) is 4.57. The van der Waals surface area contributed by atoms with Crippen molar-refractivity contribution in [2.24, 2.45) is 5.92 Å². The first-order valence-corrected chi connectivity index (χ1v) is 3.79. The van der Waals surface area contributed by atoms with Crippen molar-refractivity contribution < 1.29 is 9.60 Å². The van der Waals surface area contributed by atoms with Crippen LogP contribution in [0.1, 0.15) is 19.3 Å². The highest BCUT2D eigenvalue weighted by Gasteiger charge is 2.27. The minimum atomic E-state index is 0. The zero-order valence-electron chi connectivity index (χ0n) is 5.70. The van der Waals surface area contributed by atoms with E-state index in [-0.39, 0.29) is 4.70 Å². The van der Waals surface area contributed by atoms with Crippen molar-refractivity contribution in [3.05, 3.63) is 0 Å². The number of piperidine rings is 3. The van der Waals surface area contributed by atoms with Crippen molar-refractivity contribution in [2.45, 2.75) is 19.3 Å². The topological polar surface area (TPSA) is 4.44 Å². The van der Waals surface area contributed by atoms with E-state index >= 15 is 0 Å². The SMILES string of the molecule is C1C[NH+]2CCC1CC2.[F-]. The second-order valence-electron chi connectivity index (χ2n) is 3.23. The second-order valence-corrected chi connectivity index (χ2v) is 3.23. The van der Waals surface area contributed by atoms with Crippen LogP contribution in [0.5, 0.6) is 0 Å². The van der Waals surface area contributed by atoms with Gasteiger partial charge in [0.15, 0.2) is 0 Å². The van der Waals surface area contributed by atoms with Crippen LogP contribution in [0.15, 0.2) is 0 Å². The maximum Gasteiger partial charge on any atom is 0.0773 e. The molecule has 54 valence electrons. The fraction of sp³-hybridized carbons (Fsp3) is 1.00. The van der Waals surface area contributed by atoms with Gasteiger partial charge in [0, 0.05) is 0 Å². The Labute approximate surface area is 55.4 Å². The van der Waals surface area contributed by atoms with E-state index in [4.69, 9.17) is 0 Å². The second kappa shape index (κ2) is 2.65. The van der Waals surface area contributed by atoms with Gasteiger partial charge in [-0.05, 0) is 25.2 Å². The van der Waals surface area contributed by atoms with E-state index in [9.17, 15) is 0 Å². The molecule has 0 atom stereocenters. The van der Waals surface area contributed by atoms with Crippen LogP contribution in [-0.2, 0) is 0 Å². The first-order chi connectivity index (χ1) is 3.95. The molecule has 0 aromatic heterocycles. The predicted molar refractivity (Wildman–Crippen MR) is 32.9 cm³/mol. The Bertz CT molecular complexity index is 63.9. The summed E-state index contributed by atoms with van der Waals surface area (Å²) in [5.41, 5.74) is 0. The van der Waals surface area contributed by atoms with Crippen LogP contribution in [0.25, 0.3) is 0 Å². The molecular weight excluding hydrogens is 117 g/mol. The lowest BCUT2D eigenvalue weighted by molar-refractivity contribution is -0.916. The molecular formula is C7H14FN. The van der Waals surface area contributed by atoms with E-state index in [1.165, 1.54) is 38.9 Å². The van der Waals surface area contributed by atoms with Crippen molar-refractivity contribution in [3.8, 4) is 0 Å². The average molecular weight is 131 g/mol. The van der Waals surface area contributed by atoms with Crippen LogP contribution in [0.3, 0.4) is 0 Å². The molecule has 3 aliphatic heterocycles. The molecule has 2 bridgehead atoms. The Morgan fingerprint density at radius 2 is 1.33 bits per heavy atom.